The summed E-state index contributed by atoms with van der Waals surface area (Å²) in [6.45, 7) is 13.3. The van der Waals surface area contributed by atoms with E-state index in [0.29, 0.717) is 5.92 Å². The van der Waals surface area contributed by atoms with Crippen LogP contribution in [0.15, 0.2) is 23.8 Å². The van der Waals surface area contributed by atoms with Crippen LogP contribution in [0.3, 0.4) is 0 Å². The van der Waals surface area contributed by atoms with E-state index in [-0.39, 0.29) is 22.0 Å². The highest BCUT2D eigenvalue weighted by Crippen LogP contribution is 2.65. The summed E-state index contributed by atoms with van der Waals surface area (Å²) in [5, 5.41) is 0. The Morgan fingerprint density at radius 3 is 2.33 bits per heavy atom. The Bertz CT molecular complexity index is 431. The first-order valence-corrected chi connectivity index (χ1v) is 7.04. The first-order valence-electron chi connectivity index (χ1n) is 7.04. The minimum absolute atomic E-state index is 0.0737. The molecule has 0 aromatic rings. The number of allylic oxidation sites excluding steroid dienone is 4. The summed E-state index contributed by atoms with van der Waals surface area (Å²) in [4.78, 5) is 12.4. The van der Waals surface area contributed by atoms with Gasteiger partial charge in [-0.05, 0) is 35.7 Å². The SMILES string of the molecule is CC(C)(C)/C=C/C(=O)C1=C[C@H]2CC[C@]1(C)C2(C)C. The van der Waals surface area contributed by atoms with E-state index in [1.54, 1.807) is 6.08 Å². The molecule has 1 nitrogen and oxygen atoms in total. The third-order valence-electron chi connectivity index (χ3n) is 5.27. The molecule has 2 aliphatic carbocycles. The lowest BCUT2D eigenvalue weighted by molar-refractivity contribution is -0.112. The number of carbonyl (C=O) groups excluding carboxylic acids is 1. The minimum atomic E-state index is 0.0737. The van der Waals surface area contributed by atoms with E-state index >= 15 is 0 Å². The van der Waals surface area contributed by atoms with Gasteiger partial charge in [-0.25, -0.2) is 0 Å². The van der Waals surface area contributed by atoms with Crippen LogP contribution in [0.1, 0.15) is 54.4 Å². The van der Waals surface area contributed by atoms with E-state index < -0.39 is 0 Å². The van der Waals surface area contributed by atoms with Gasteiger partial charge in [-0.15, -0.1) is 0 Å². The van der Waals surface area contributed by atoms with Crippen molar-refractivity contribution < 1.29 is 4.79 Å². The molecule has 0 saturated heterocycles. The molecule has 2 rings (SSSR count). The van der Waals surface area contributed by atoms with Crippen LogP contribution in [0.4, 0.5) is 0 Å². The van der Waals surface area contributed by atoms with Crippen LogP contribution in [0.2, 0.25) is 0 Å². The highest BCUT2D eigenvalue weighted by atomic mass is 16.1. The summed E-state index contributed by atoms with van der Waals surface area (Å²) >= 11 is 0. The van der Waals surface area contributed by atoms with Crippen molar-refractivity contribution >= 4 is 5.78 Å². The van der Waals surface area contributed by atoms with E-state index in [4.69, 9.17) is 0 Å². The molecule has 0 amide bonds. The molecule has 0 aromatic carbocycles. The number of hydrogen-bond donors (Lipinski definition) is 0. The largest absolute Gasteiger partial charge is 0.290 e. The van der Waals surface area contributed by atoms with Gasteiger partial charge in [0.15, 0.2) is 5.78 Å². The van der Waals surface area contributed by atoms with Crippen molar-refractivity contribution in [3.05, 3.63) is 23.8 Å². The Balaban J connectivity index is 2.25. The first-order chi connectivity index (χ1) is 8.08. The molecule has 1 saturated carbocycles. The Morgan fingerprint density at radius 2 is 1.94 bits per heavy atom. The Morgan fingerprint density at radius 1 is 1.33 bits per heavy atom. The molecule has 0 radical (unpaired) electrons. The van der Waals surface area contributed by atoms with Gasteiger partial charge in [-0.1, -0.05) is 53.7 Å². The van der Waals surface area contributed by atoms with Crippen molar-refractivity contribution in [2.75, 3.05) is 0 Å². The monoisotopic (exact) mass is 246 g/mol. The van der Waals surface area contributed by atoms with Crippen LogP contribution in [0, 0.1) is 22.2 Å². The van der Waals surface area contributed by atoms with Crippen molar-refractivity contribution in [3.8, 4) is 0 Å². The minimum Gasteiger partial charge on any atom is -0.290 e. The van der Waals surface area contributed by atoms with Crippen molar-refractivity contribution in [2.24, 2.45) is 22.2 Å². The van der Waals surface area contributed by atoms with Gasteiger partial charge in [0.1, 0.15) is 0 Å². The lowest BCUT2D eigenvalue weighted by Crippen LogP contribution is -2.32. The summed E-state index contributed by atoms with van der Waals surface area (Å²) in [6, 6.07) is 0. The van der Waals surface area contributed by atoms with Crippen LogP contribution in [0.5, 0.6) is 0 Å². The molecule has 1 fully saturated rings. The maximum absolute atomic E-state index is 12.4. The number of rotatable bonds is 2. The average Bonchev–Trinajstić information content (AvgIpc) is 2.56. The van der Waals surface area contributed by atoms with Gasteiger partial charge < -0.3 is 0 Å². The summed E-state index contributed by atoms with van der Waals surface area (Å²) in [7, 11) is 0. The molecule has 0 heterocycles. The fraction of sp³-hybridized carbons (Fsp3) is 0.706. The van der Waals surface area contributed by atoms with E-state index in [0.717, 1.165) is 12.0 Å². The molecule has 100 valence electrons. The maximum Gasteiger partial charge on any atom is 0.181 e. The van der Waals surface area contributed by atoms with Crippen molar-refractivity contribution in [1.82, 2.24) is 0 Å². The fourth-order valence-corrected chi connectivity index (χ4v) is 3.46. The predicted octanol–water partition coefficient (Wildman–Crippen LogP) is 4.54. The van der Waals surface area contributed by atoms with Gasteiger partial charge in [0.2, 0.25) is 0 Å². The van der Waals surface area contributed by atoms with Crippen LogP contribution >= 0.6 is 0 Å². The molecule has 2 aliphatic rings. The van der Waals surface area contributed by atoms with Gasteiger partial charge >= 0.3 is 0 Å². The van der Waals surface area contributed by atoms with E-state index in [1.165, 1.54) is 6.42 Å². The molecule has 18 heavy (non-hydrogen) atoms. The molecular weight excluding hydrogens is 220 g/mol. The summed E-state index contributed by atoms with van der Waals surface area (Å²) in [5.41, 5.74) is 1.46. The van der Waals surface area contributed by atoms with Gasteiger partial charge in [-0.3, -0.25) is 4.79 Å². The third kappa shape index (κ3) is 1.88. The number of hydrogen-bond acceptors (Lipinski definition) is 1. The quantitative estimate of drug-likeness (QED) is 0.654. The van der Waals surface area contributed by atoms with Gasteiger partial charge in [0.25, 0.3) is 0 Å². The number of ketones is 1. The highest BCUT2D eigenvalue weighted by molar-refractivity contribution is 6.05. The summed E-state index contributed by atoms with van der Waals surface area (Å²) in [6.07, 6.45) is 8.46. The molecule has 0 aromatic heterocycles. The maximum atomic E-state index is 12.4. The smallest absolute Gasteiger partial charge is 0.181 e. The Labute approximate surface area is 111 Å². The molecule has 0 aliphatic heterocycles. The Hall–Kier alpha value is -0.850. The third-order valence-corrected chi connectivity index (χ3v) is 5.27. The second-order valence-corrected chi connectivity index (χ2v) is 7.84. The molecular formula is C17H26O. The number of fused-ring (bicyclic) bond motifs is 2. The van der Waals surface area contributed by atoms with E-state index in [1.807, 2.05) is 6.08 Å². The lowest BCUT2D eigenvalue weighted by Gasteiger charge is -2.36. The zero-order valence-corrected chi connectivity index (χ0v) is 12.6. The zero-order valence-electron chi connectivity index (χ0n) is 12.6. The zero-order chi connectivity index (χ0) is 13.8. The van der Waals surface area contributed by atoms with Crippen LogP contribution in [-0.4, -0.2) is 5.78 Å². The second-order valence-electron chi connectivity index (χ2n) is 7.84. The normalized spacial score (nSPS) is 34.1. The molecule has 0 spiro atoms. The van der Waals surface area contributed by atoms with Gasteiger partial charge in [0.05, 0.1) is 0 Å². The highest BCUT2D eigenvalue weighted by Gasteiger charge is 2.58. The van der Waals surface area contributed by atoms with Gasteiger partial charge in [-0.2, -0.15) is 0 Å². The first kappa shape index (κ1) is 13.6. The molecule has 1 heteroatoms. The Kier molecular flexibility index (Phi) is 2.88. The molecule has 0 unspecified atom stereocenters. The van der Waals surface area contributed by atoms with Crippen LogP contribution in [-0.2, 0) is 4.79 Å². The summed E-state index contributed by atoms with van der Waals surface area (Å²) in [5.74, 6) is 0.812. The van der Waals surface area contributed by atoms with E-state index in [9.17, 15) is 4.79 Å². The molecule has 2 atom stereocenters. The molecule has 2 bridgehead atoms. The van der Waals surface area contributed by atoms with Crippen LogP contribution in [0.25, 0.3) is 0 Å². The lowest BCUT2D eigenvalue weighted by atomic mass is 9.66. The predicted molar refractivity (Wildman–Crippen MR) is 76.3 cm³/mol. The standard InChI is InChI=1S/C17H26O/c1-15(2,3)9-8-14(18)13-11-12-7-10-17(13,6)16(12,4)5/h8-9,11-12H,7,10H2,1-6H3/b9-8+/t12-,17+/m1/s1. The van der Waals surface area contributed by atoms with Crippen molar-refractivity contribution in [2.45, 2.75) is 54.4 Å². The average molecular weight is 246 g/mol. The number of carbonyl (C=O) groups is 1. The van der Waals surface area contributed by atoms with Crippen molar-refractivity contribution in [3.63, 3.8) is 0 Å². The summed E-state index contributed by atoms with van der Waals surface area (Å²) < 4.78 is 0. The fourth-order valence-electron chi connectivity index (χ4n) is 3.46. The van der Waals surface area contributed by atoms with Crippen molar-refractivity contribution in [1.29, 1.82) is 0 Å². The second kappa shape index (κ2) is 3.82. The molecule has 0 N–H and O–H groups in total. The van der Waals surface area contributed by atoms with Gasteiger partial charge in [0, 0.05) is 11.0 Å². The van der Waals surface area contributed by atoms with E-state index in [2.05, 4.69) is 47.6 Å². The topological polar surface area (TPSA) is 17.1 Å². The van der Waals surface area contributed by atoms with Crippen LogP contribution < -0.4 is 0 Å².